The van der Waals surface area contributed by atoms with Crippen molar-refractivity contribution in [3.63, 3.8) is 0 Å². The van der Waals surface area contributed by atoms with E-state index >= 15 is 0 Å². The van der Waals surface area contributed by atoms with Crippen molar-refractivity contribution in [1.29, 1.82) is 0 Å². The molecule has 1 N–H and O–H groups in total. The van der Waals surface area contributed by atoms with Crippen LogP contribution in [0.1, 0.15) is 17.5 Å². The molecular formula is C15H20N4OS. The van der Waals surface area contributed by atoms with Gasteiger partial charge in [-0.25, -0.2) is 9.97 Å². The smallest absolute Gasteiger partial charge is 0.185 e. The molecule has 1 fully saturated rings. The van der Waals surface area contributed by atoms with Crippen molar-refractivity contribution in [2.75, 3.05) is 36.0 Å². The lowest BCUT2D eigenvalue weighted by Crippen LogP contribution is -2.46. The fraction of sp³-hybridized carbons (Fsp3) is 0.467. The van der Waals surface area contributed by atoms with Gasteiger partial charge in [-0.15, -0.1) is 0 Å². The first kappa shape index (κ1) is 14.3. The molecule has 0 aliphatic carbocycles. The fourth-order valence-corrected chi connectivity index (χ4v) is 3.63. The Kier molecular flexibility index (Phi) is 4.36. The molecule has 112 valence electrons. The van der Waals surface area contributed by atoms with Crippen molar-refractivity contribution in [2.45, 2.75) is 20.0 Å². The largest absolute Gasteiger partial charge is 0.391 e. The molecule has 0 unspecified atom stereocenters. The number of aromatic nitrogens is 2. The average molecular weight is 304 g/mol. The minimum Gasteiger partial charge on any atom is -0.391 e. The van der Waals surface area contributed by atoms with Gasteiger partial charge in [-0.05, 0) is 18.6 Å². The van der Waals surface area contributed by atoms with Crippen LogP contribution in [0, 0.1) is 0 Å². The molecule has 3 heterocycles. The summed E-state index contributed by atoms with van der Waals surface area (Å²) in [6.07, 6.45) is 2.71. The Bertz CT molecular complexity index is 557. The quantitative estimate of drug-likeness (QED) is 0.935. The third-order valence-corrected chi connectivity index (χ3v) is 4.91. The van der Waals surface area contributed by atoms with Crippen LogP contribution in [-0.4, -0.2) is 41.3 Å². The maximum Gasteiger partial charge on any atom is 0.185 e. The zero-order valence-corrected chi connectivity index (χ0v) is 13.0. The molecule has 21 heavy (non-hydrogen) atoms. The summed E-state index contributed by atoms with van der Waals surface area (Å²) < 4.78 is 0. The molecule has 5 nitrogen and oxygen atoms in total. The molecule has 0 saturated carbocycles. The summed E-state index contributed by atoms with van der Waals surface area (Å²) in [4.78, 5) is 14.7. The van der Waals surface area contributed by atoms with Gasteiger partial charge in [0.05, 0.1) is 17.2 Å². The molecule has 0 radical (unpaired) electrons. The van der Waals surface area contributed by atoms with Crippen LogP contribution < -0.4 is 9.80 Å². The molecular weight excluding hydrogens is 284 g/mol. The van der Waals surface area contributed by atoms with Gasteiger partial charge < -0.3 is 14.9 Å². The molecule has 2 aromatic rings. The van der Waals surface area contributed by atoms with E-state index in [9.17, 15) is 5.11 Å². The number of aliphatic hydroxyl groups is 1. The first-order valence-corrected chi connectivity index (χ1v) is 8.14. The van der Waals surface area contributed by atoms with Crippen LogP contribution in [0.3, 0.4) is 0 Å². The molecule has 2 aromatic heterocycles. The maximum atomic E-state index is 9.39. The molecule has 6 heteroatoms. The van der Waals surface area contributed by atoms with Crippen LogP contribution in [0.25, 0.3) is 0 Å². The summed E-state index contributed by atoms with van der Waals surface area (Å²) in [5.74, 6) is 1.04. The summed E-state index contributed by atoms with van der Waals surface area (Å²) in [6.45, 7) is 5.96. The molecule has 1 saturated heterocycles. The number of thiazole rings is 1. The van der Waals surface area contributed by atoms with Gasteiger partial charge in [-0.3, -0.25) is 0 Å². The van der Waals surface area contributed by atoms with E-state index in [1.807, 2.05) is 18.3 Å². The van der Waals surface area contributed by atoms with E-state index in [1.54, 1.807) is 11.3 Å². The minimum atomic E-state index is 0.0920. The molecule has 1 aliphatic rings. The number of hydrogen-bond acceptors (Lipinski definition) is 6. The number of aryl methyl sites for hydroxylation is 1. The Morgan fingerprint density at radius 1 is 1.19 bits per heavy atom. The van der Waals surface area contributed by atoms with Crippen LogP contribution in [0.4, 0.5) is 10.9 Å². The summed E-state index contributed by atoms with van der Waals surface area (Å²) in [5.41, 5.74) is 1.03. The lowest BCUT2D eigenvalue weighted by Gasteiger charge is -2.35. The van der Waals surface area contributed by atoms with Crippen LogP contribution in [-0.2, 0) is 13.0 Å². The zero-order chi connectivity index (χ0) is 14.7. The summed E-state index contributed by atoms with van der Waals surface area (Å²) in [6, 6.07) is 6.02. The Morgan fingerprint density at radius 3 is 2.52 bits per heavy atom. The van der Waals surface area contributed by atoms with Gasteiger partial charge in [0.25, 0.3) is 0 Å². The molecule has 0 amide bonds. The highest BCUT2D eigenvalue weighted by Gasteiger charge is 2.21. The number of pyridine rings is 1. The standard InChI is InChI=1S/C15H20N4OS/c1-2-12-13(11-20)21-15(17-12)19-9-7-18(8-10-19)14-5-3-4-6-16-14/h3-6,20H,2,7-11H2,1H3. The third-order valence-electron chi connectivity index (χ3n) is 3.77. The number of anilines is 2. The van der Waals surface area contributed by atoms with E-state index in [4.69, 9.17) is 0 Å². The highest BCUT2D eigenvalue weighted by Crippen LogP contribution is 2.28. The van der Waals surface area contributed by atoms with E-state index in [2.05, 4.69) is 32.8 Å². The van der Waals surface area contributed by atoms with Crippen molar-refractivity contribution < 1.29 is 5.11 Å². The normalized spacial score (nSPS) is 15.5. The lowest BCUT2D eigenvalue weighted by molar-refractivity contribution is 0.284. The Labute approximate surface area is 128 Å². The summed E-state index contributed by atoms with van der Waals surface area (Å²) >= 11 is 1.62. The monoisotopic (exact) mass is 304 g/mol. The minimum absolute atomic E-state index is 0.0920. The van der Waals surface area contributed by atoms with E-state index < -0.39 is 0 Å². The van der Waals surface area contributed by atoms with Gasteiger partial charge in [-0.2, -0.15) is 0 Å². The Morgan fingerprint density at radius 2 is 1.95 bits per heavy atom. The predicted octanol–water partition coefficient (Wildman–Crippen LogP) is 1.92. The zero-order valence-electron chi connectivity index (χ0n) is 12.2. The van der Waals surface area contributed by atoms with Crippen molar-refractivity contribution in [2.24, 2.45) is 0 Å². The van der Waals surface area contributed by atoms with Crippen molar-refractivity contribution in [3.8, 4) is 0 Å². The molecule has 1 aliphatic heterocycles. The average Bonchev–Trinajstić information content (AvgIpc) is 2.99. The van der Waals surface area contributed by atoms with Crippen molar-refractivity contribution in [1.82, 2.24) is 9.97 Å². The Hall–Kier alpha value is -1.66. The first-order valence-electron chi connectivity index (χ1n) is 7.32. The van der Waals surface area contributed by atoms with Crippen LogP contribution >= 0.6 is 11.3 Å². The summed E-state index contributed by atoms with van der Waals surface area (Å²) in [5, 5.41) is 10.4. The molecule has 3 rings (SSSR count). The van der Waals surface area contributed by atoms with E-state index in [1.165, 1.54) is 0 Å². The number of piperazine rings is 1. The molecule has 0 bridgehead atoms. The number of nitrogens with zero attached hydrogens (tertiary/aromatic N) is 4. The topological polar surface area (TPSA) is 52.5 Å². The summed E-state index contributed by atoms with van der Waals surface area (Å²) in [7, 11) is 0. The second-order valence-corrected chi connectivity index (χ2v) is 6.10. The lowest BCUT2D eigenvalue weighted by atomic mass is 10.3. The van der Waals surface area contributed by atoms with E-state index in [0.717, 1.165) is 54.1 Å². The first-order chi connectivity index (χ1) is 10.3. The van der Waals surface area contributed by atoms with Crippen molar-refractivity contribution >= 4 is 22.3 Å². The van der Waals surface area contributed by atoms with Crippen molar-refractivity contribution in [3.05, 3.63) is 35.0 Å². The van der Waals surface area contributed by atoms with Crippen LogP contribution in [0.2, 0.25) is 0 Å². The molecule has 0 aromatic carbocycles. The van der Waals surface area contributed by atoms with Gasteiger partial charge in [0, 0.05) is 32.4 Å². The highest BCUT2D eigenvalue weighted by molar-refractivity contribution is 7.15. The second kappa shape index (κ2) is 6.41. The van der Waals surface area contributed by atoms with Gasteiger partial charge in [0.15, 0.2) is 5.13 Å². The maximum absolute atomic E-state index is 9.39. The SMILES string of the molecule is CCc1nc(N2CCN(c3ccccn3)CC2)sc1CO. The molecule has 0 spiro atoms. The van der Waals surface area contributed by atoms with E-state index in [0.29, 0.717) is 0 Å². The van der Waals surface area contributed by atoms with Gasteiger partial charge in [0.2, 0.25) is 0 Å². The number of hydrogen-bond donors (Lipinski definition) is 1. The number of rotatable bonds is 4. The highest BCUT2D eigenvalue weighted by atomic mass is 32.1. The third kappa shape index (κ3) is 3.01. The van der Waals surface area contributed by atoms with Crippen LogP contribution in [0.5, 0.6) is 0 Å². The van der Waals surface area contributed by atoms with Gasteiger partial charge >= 0.3 is 0 Å². The fourth-order valence-electron chi connectivity index (χ4n) is 2.57. The number of aliphatic hydroxyl groups excluding tert-OH is 1. The van der Waals surface area contributed by atoms with Gasteiger partial charge in [-0.1, -0.05) is 24.3 Å². The van der Waals surface area contributed by atoms with Crippen LogP contribution in [0.15, 0.2) is 24.4 Å². The van der Waals surface area contributed by atoms with E-state index in [-0.39, 0.29) is 6.61 Å². The second-order valence-electron chi connectivity index (χ2n) is 5.04. The molecule has 0 atom stereocenters. The Balaban J connectivity index is 1.67. The predicted molar refractivity (Wildman–Crippen MR) is 86.1 cm³/mol. The van der Waals surface area contributed by atoms with Gasteiger partial charge in [0.1, 0.15) is 5.82 Å².